The van der Waals surface area contributed by atoms with Gasteiger partial charge in [-0.05, 0) is 38.3 Å². The quantitative estimate of drug-likeness (QED) is 0.578. The highest BCUT2D eigenvalue weighted by Crippen LogP contribution is 2.46. The minimum absolute atomic E-state index is 0.0413. The maximum absolute atomic E-state index is 13.7. The van der Waals surface area contributed by atoms with Gasteiger partial charge in [-0.3, -0.25) is 4.79 Å². The van der Waals surface area contributed by atoms with Crippen molar-refractivity contribution in [1.29, 1.82) is 0 Å². The van der Waals surface area contributed by atoms with Crippen LogP contribution in [0.25, 0.3) is 10.9 Å². The maximum atomic E-state index is 13.7. The van der Waals surface area contributed by atoms with Gasteiger partial charge in [-0.15, -0.1) is 0 Å². The van der Waals surface area contributed by atoms with Gasteiger partial charge < -0.3 is 24.3 Å². The molecule has 2 heterocycles. The molecule has 4 rings (SSSR count). The van der Waals surface area contributed by atoms with Gasteiger partial charge in [0.2, 0.25) is 5.43 Å². The molecule has 12 heteroatoms. The first kappa shape index (κ1) is 24.4. The number of esters is 1. The minimum atomic E-state index is -4.14. The third kappa shape index (κ3) is 4.36. The van der Waals surface area contributed by atoms with E-state index >= 15 is 0 Å². The number of fused-ring (bicyclic) bond motifs is 1. The highest BCUT2D eigenvalue weighted by molar-refractivity contribution is 7.90. The summed E-state index contributed by atoms with van der Waals surface area (Å²) in [7, 11) is -4.14. The number of sulfone groups is 1. The van der Waals surface area contributed by atoms with E-state index in [-0.39, 0.29) is 29.3 Å². The molecule has 1 aromatic carbocycles. The van der Waals surface area contributed by atoms with E-state index in [2.05, 4.69) is 5.32 Å². The van der Waals surface area contributed by atoms with Gasteiger partial charge in [-0.2, -0.15) is 8.78 Å². The van der Waals surface area contributed by atoms with Crippen LogP contribution in [0.15, 0.2) is 15.9 Å². The van der Waals surface area contributed by atoms with E-state index < -0.39 is 38.4 Å². The first-order chi connectivity index (χ1) is 16.1. The number of piperazine rings is 1. The van der Waals surface area contributed by atoms with E-state index in [0.717, 1.165) is 6.26 Å². The number of nitrogens with one attached hydrogen (secondary N) is 1. The Labute approximate surface area is 195 Å². The summed E-state index contributed by atoms with van der Waals surface area (Å²) in [5.41, 5.74) is -0.654. The predicted molar refractivity (Wildman–Crippen MR) is 122 cm³/mol. The summed E-state index contributed by atoms with van der Waals surface area (Å²) < 4.78 is 64.6. The van der Waals surface area contributed by atoms with Crippen molar-refractivity contribution in [3.63, 3.8) is 0 Å². The van der Waals surface area contributed by atoms with Crippen LogP contribution in [0.5, 0.6) is 5.75 Å². The van der Waals surface area contributed by atoms with E-state index in [1.54, 1.807) is 6.92 Å². The Morgan fingerprint density at radius 3 is 2.44 bits per heavy atom. The van der Waals surface area contributed by atoms with E-state index in [1.165, 1.54) is 17.6 Å². The Morgan fingerprint density at radius 2 is 1.91 bits per heavy atom. The lowest BCUT2D eigenvalue weighted by Crippen LogP contribution is -2.44. The maximum Gasteiger partial charge on any atom is 0.387 e. The summed E-state index contributed by atoms with van der Waals surface area (Å²) in [4.78, 5) is 28.2. The van der Waals surface area contributed by atoms with Crippen LogP contribution >= 0.6 is 0 Å². The van der Waals surface area contributed by atoms with Crippen LogP contribution in [0.1, 0.15) is 41.7 Å². The van der Waals surface area contributed by atoms with Gasteiger partial charge in [-0.25, -0.2) is 13.2 Å². The number of nitrogens with zero attached hydrogens (tertiary/aromatic N) is 2. The third-order valence-corrected chi connectivity index (χ3v) is 7.05. The van der Waals surface area contributed by atoms with Gasteiger partial charge in [0.15, 0.2) is 20.6 Å². The van der Waals surface area contributed by atoms with Crippen molar-refractivity contribution in [2.24, 2.45) is 0 Å². The summed E-state index contributed by atoms with van der Waals surface area (Å²) in [5, 5.41) is 2.61. The second-order valence-corrected chi connectivity index (χ2v) is 10.4. The SMILES string of the molecule is CCOC(=O)c1c(S(C)(=O)=O)n(C2CC2)c2c(OC(F)F)c(N3CCNCC3)c(C)cc2c1=O. The smallest absolute Gasteiger partial charge is 0.387 e. The zero-order chi connectivity index (χ0) is 24.8. The van der Waals surface area contributed by atoms with Crippen molar-refractivity contribution in [1.82, 2.24) is 9.88 Å². The number of aryl methyl sites for hydroxylation is 1. The Bertz CT molecular complexity index is 1300. The molecule has 9 nitrogen and oxygen atoms in total. The molecule has 1 aromatic heterocycles. The standard InChI is InChI=1S/C22H27F2N3O6S/c1-4-32-21(29)15-18(28)14-11-12(2)16(26-9-7-25-8-10-26)19(33-22(23)24)17(14)27(13-5-6-13)20(15)34(3,30)31/h11,13,22,25H,4-10H2,1-3H3. The van der Waals surface area contributed by atoms with Gasteiger partial charge in [-0.1, -0.05) is 0 Å². The van der Waals surface area contributed by atoms with E-state index in [0.29, 0.717) is 50.3 Å². The van der Waals surface area contributed by atoms with Gasteiger partial charge in [0.25, 0.3) is 0 Å². The van der Waals surface area contributed by atoms with Crippen molar-refractivity contribution in [3.8, 4) is 5.75 Å². The Hall–Kier alpha value is -2.73. The van der Waals surface area contributed by atoms with Crippen LogP contribution < -0.4 is 20.4 Å². The molecule has 186 valence electrons. The number of carbonyl (C=O) groups excluding carboxylic acids is 1. The molecule has 2 aromatic rings. The van der Waals surface area contributed by atoms with Crippen LogP contribution in [0.3, 0.4) is 0 Å². The van der Waals surface area contributed by atoms with Crippen LogP contribution in [-0.4, -0.2) is 64.6 Å². The second-order valence-electron chi connectivity index (χ2n) is 8.49. The molecule has 0 atom stereocenters. The molecule has 2 fully saturated rings. The monoisotopic (exact) mass is 499 g/mol. The van der Waals surface area contributed by atoms with Gasteiger partial charge in [0, 0.05) is 38.5 Å². The Morgan fingerprint density at radius 1 is 1.26 bits per heavy atom. The fourth-order valence-corrected chi connectivity index (χ4v) is 5.69. The molecular weight excluding hydrogens is 472 g/mol. The van der Waals surface area contributed by atoms with Crippen LogP contribution in [0.4, 0.5) is 14.5 Å². The summed E-state index contributed by atoms with van der Waals surface area (Å²) in [6.07, 6.45) is 2.01. The number of carbonyl (C=O) groups is 1. The normalized spacial score (nSPS) is 16.8. The van der Waals surface area contributed by atoms with E-state index in [9.17, 15) is 26.8 Å². The molecule has 0 bridgehead atoms. The molecule has 0 radical (unpaired) electrons. The first-order valence-corrected chi connectivity index (χ1v) is 13.0. The molecule has 0 spiro atoms. The largest absolute Gasteiger partial charge is 0.462 e. The fraction of sp³-hybridized carbons (Fsp3) is 0.545. The number of hydrogen-bond acceptors (Lipinski definition) is 8. The van der Waals surface area contributed by atoms with Crippen molar-refractivity contribution in [2.75, 3.05) is 43.9 Å². The zero-order valence-electron chi connectivity index (χ0n) is 19.2. The molecule has 0 unspecified atom stereocenters. The summed E-state index contributed by atoms with van der Waals surface area (Å²) in [6, 6.07) is 1.13. The first-order valence-electron chi connectivity index (χ1n) is 11.1. The van der Waals surface area contributed by atoms with Crippen molar-refractivity contribution < 1.29 is 31.5 Å². The average Bonchev–Trinajstić information content (AvgIpc) is 3.59. The van der Waals surface area contributed by atoms with E-state index in [1.807, 2.05) is 4.90 Å². The number of pyridine rings is 1. The molecule has 1 aliphatic carbocycles. The van der Waals surface area contributed by atoms with Crippen LogP contribution in [0.2, 0.25) is 0 Å². The number of halogens is 2. The topological polar surface area (TPSA) is 107 Å². The molecule has 1 saturated heterocycles. The van der Waals surface area contributed by atoms with Gasteiger partial charge >= 0.3 is 12.6 Å². The molecular formula is C22H27F2N3O6S. The average molecular weight is 500 g/mol. The second kappa shape index (κ2) is 9.14. The number of anilines is 1. The Balaban J connectivity index is 2.20. The lowest BCUT2D eigenvalue weighted by atomic mass is 10.0. The number of benzene rings is 1. The highest BCUT2D eigenvalue weighted by Gasteiger charge is 2.38. The van der Waals surface area contributed by atoms with Crippen molar-refractivity contribution >= 4 is 32.4 Å². The van der Waals surface area contributed by atoms with Crippen LogP contribution in [0, 0.1) is 6.92 Å². The lowest BCUT2D eigenvalue weighted by Gasteiger charge is -2.33. The zero-order valence-corrected chi connectivity index (χ0v) is 20.0. The van der Waals surface area contributed by atoms with Crippen LogP contribution in [-0.2, 0) is 14.6 Å². The number of aromatic nitrogens is 1. The predicted octanol–water partition coefficient (Wildman–Crippen LogP) is 2.24. The fourth-order valence-electron chi connectivity index (χ4n) is 4.54. The highest BCUT2D eigenvalue weighted by atomic mass is 32.2. The number of rotatable bonds is 7. The summed E-state index contributed by atoms with van der Waals surface area (Å²) in [6.45, 7) is 2.21. The Kier molecular flexibility index (Phi) is 6.56. The summed E-state index contributed by atoms with van der Waals surface area (Å²) >= 11 is 0. The van der Waals surface area contributed by atoms with Crippen molar-refractivity contribution in [3.05, 3.63) is 27.4 Å². The molecule has 1 aliphatic heterocycles. The number of hydrogen-bond donors (Lipinski definition) is 1. The molecule has 34 heavy (non-hydrogen) atoms. The van der Waals surface area contributed by atoms with Gasteiger partial charge in [0.1, 0.15) is 5.56 Å². The minimum Gasteiger partial charge on any atom is -0.462 e. The molecule has 0 amide bonds. The third-order valence-electron chi connectivity index (χ3n) is 5.95. The molecule has 1 saturated carbocycles. The number of ether oxygens (including phenoxy) is 2. The molecule has 2 aliphatic rings. The summed E-state index contributed by atoms with van der Waals surface area (Å²) in [5.74, 6) is -1.32. The molecule has 1 N–H and O–H groups in total. The van der Waals surface area contributed by atoms with Crippen molar-refractivity contribution in [2.45, 2.75) is 44.4 Å². The van der Waals surface area contributed by atoms with E-state index in [4.69, 9.17) is 9.47 Å². The van der Waals surface area contributed by atoms with Gasteiger partial charge in [0.05, 0.1) is 23.2 Å². The lowest BCUT2D eigenvalue weighted by molar-refractivity contribution is -0.0487. The number of alkyl halides is 2.